The zero-order chi connectivity index (χ0) is 11.3. The number of hydrogen-bond donors (Lipinski definition) is 1. The number of guanidine groups is 1. The van der Waals surface area contributed by atoms with Crippen LogP contribution in [-0.4, -0.2) is 60.3 Å². The van der Waals surface area contributed by atoms with Gasteiger partial charge in [-0.1, -0.05) is 6.92 Å². The molecular formula is C10H15N5O. The van der Waals surface area contributed by atoms with Crippen molar-refractivity contribution < 1.29 is 4.79 Å². The van der Waals surface area contributed by atoms with Gasteiger partial charge in [0.2, 0.25) is 5.96 Å². The first-order chi connectivity index (χ1) is 7.66. The van der Waals surface area contributed by atoms with E-state index in [1.165, 1.54) is 0 Å². The van der Waals surface area contributed by atoms with Crippen LogP contribution in [0.15, 0.2) is 9.98 Å². The van der Waals surface area contributed by atoms with Gasteiger partial charge in [0.05, 0.1) is 6.34 Å². The van der Waals surface area contributed by atoms with E-state index < -0.39 is 0 Å². The molecule has 0 saturated carbocycles. The van der Waals surface area contributed by atoms with E-state index >= 15 is 0 Å². The lowest BCUT2D eigenvalue weighted by molar-refractivity contribution is -0.131. The quantitative estimate of drug-likeness (QED) is 0.576. The van der Waals surface area contributed by atoms with Crippen molar-refractivity contribution in [3.05, 3.63) is 0 Å². The highest BCUT2D eigenvalue weighted by Gasteiger charge is 2.44. The van der Waals surface area contributed by atoms with Crippen LogP contribution in [-0.2, 0) is 4.79 Å². The molecule has 6 nitrogen and oxygen atoms in total. The Morgan fingerprint density at radius 1 is 1.56 bits per heavy atom. The first-order valence-corrected chi connectivity index (χ1v) is 5.54. The maximum Gasteiger partial charge on any atom is 0.258 e. The van der Waals surface area contributed by atoms with Crippen LogP contribution in [0.2, 0.25) is 0 Å². The van der Waals surface area contributed by atoms with Crippen LogP contribution < -0.4 is 5.32 Å². The third kappa shape index (κ3) is 1.22. The summed E-state index contributed by atoms with van der Waals surface area (Å²) in [5.74, 6) is 1.20. The summed E-state index contributed by atoms with van der Waals surface area (Å²) in [7, 11) is 1.91. The Kier molecular flexibility index (Phi) is 1.92. The van der Waals surface area contributed by atoms with Gasteiger partial charge in [0, 0.05) is 20.1 Å². The van der Waals surface area contributed by atoms with Crippen LogP contribution in [0.25, 0.3) is 0 Å². The van der Waals surface area contributed by atoms with Crippen LogP contribution in [0.4, 0.5) is 0 Å². The lowest BCUT2D eigenvalue weighted by Crippen LogP contribution is -2.66. The topological polar surface area (TPSA) is 60.3 Å². The Morgan fingerprint density at radius 3 is 3.19 bits per heavy atom. The predicted octanol–water partition coefficient (Wildman–Crippen LogP) is -0.908. The molecule has 0 aromatic rings. The third-order valence-electron chi connectivity index (χ3n) is 3.25. The lowest BCUT2D eigenvalue weighted by Gasteiger charge is -2.40. The summed E-state index contributed by atoms with van der Waals surface area (Å²) in [6.07, 6.45) is 1.65. The zero-order valence-electron chi connectivity index (χ0n) is 9.42. The van der Waals surface area contributed by atoms with E-state index in [1.54, 1.807) is 11.2 Å². The highest BCUT2D eigenvalue weighted by molar-refractivity contribution is 6.04. The summed E-state index contributed by atoms with van der Waals surface area (Å²) in [6.45, 7) is 3.63. The molecule has 0 radical (unpaired) electrons. The summed E-state index contributed by atoms with van der Waals surface area (Å²) in [5.41, 5.74) is 0. The van der Waals surface area contributed by atoms with Gasteiger partial charge in [-0.25, -0.2) is 0 Å². The van der Waals surface area contributed by atoms with Crippen molar-refractivity contribution in [3.8, 4) is 0 Å². The summed E-state index contributed by atoms with van der Waals surface area (Å²) in [4.78, 5) is 24.5. The van der Waals surface area contributed by atoms with Crippen LogP contribution in [0.1, 0.15) is 6.92 Å². The molecule has 16 heavy (non-hydrogen) atoms. The Hall–Kier alpha value is -1.59. The molecular weight excluding hydrogens is 206 g/mol. The fourth-order valence-corrected chi connectivity index (χ4v) is 2.33. The average molecular weight is 221 g/mol. The fraction of sp³-hybridized carbons (Fsp3) is 0.700. The van der Waals surface area contributed by atoms with Crippen molar-refractivity contribution in [2.75, 3.05) is 20.1 Å². The molecule has 0 aromatic heterocycles. The second-order valence-electron chi connectivity index (χ2n) is 4.68. The van der Waals surface area contributed by atoms with Gasteiger partial charge in [-0.05, 0) is 5.92 Å². The minimum Gasteiger partial charge on any atom is -0.343 e. The monoisotopic (exact) mass is 221 g/mol. The lowest BCUT2D eigenvalue weighted by atomic mass is 10.1. The molecule has 3 unspecified atom stereocenters. The number of hydrogen-bond acceptors (Lipinski definition) is 5. The molecule has 1 fully saturated rings. The number of amides is 1. The number of likely N-dealkylation sites (N-methyl/N-ethyl adjacent to an activating group) is 1. The largest absolute Gasteiger partial charge is 0.343 e. The van der Waals surface area contributed by atoms with E-state index in [0.717, 1.165) is 13.1 Å². The molecule has 6 heteroatoms. The second-order valence-corrected chi connectivity index (χ2v) is 4.68. The predicted molar refractivity (Wildman–Crippen MR) is 60.1 cm³/mol. The molecule has 1 N–H and O–H groups in total. The normalized spacial score (nSPS) is 36.8. The van der Waals surface area contributed by atoms with Crippen molar-refractivity contribution in [3.63, 3.8) is 0 Å². The summed E-state index contributed by atoms with van der Waals surface area (Å²) in [5, 5.41) is 3.27. The van der Waals surface area contributed by atoms with Gasteiger partial charge in [-0.3, -0.25) is 19.7 Å². The Morgan fingerprint density at radius 2 is 2.38 bits per heavy atom. The van der Waals surface area contributed by atoms with Crippen LogP contribution in [0.5, 0.6) is 0 Å². The number of nitrogens with zero attached hydrogens (tertiary/aromatic N) is 4. The van der Waals surface area contributed by atoms with Gasteiger partial charge >= 0.3 is 0 Å². The molecule has 3 aliphatic heterocycles. The highest BCUT2D eigenvalue weighted by Crippen LogP contribution is 2.21. The van der Waals surface area contributed by atoms with Crippen molar-refractivity contribution in [2.45, 2.75) is 19.1 Å². The van der Waals surface area contributed by atoms with Gasteiger partial charge < -0.3 is 10.2 Å². The van der Waals surface area contributed by atoms with E-state index in [-0.39, 0.29) is 18.1 Å². The number of rotatable bonds is 0. The smallest absolute Gasteiger partial charge is 0.258 e. The molecule has 0 aromatic carbocycles. The molecule has 3 aliphatic rings. The van der Waals surface area contributed by atoms with Gasteiger partial charge in [0.15, 0.2) is 6.04 Å². The molecule has 3 heterocycles. The highest BCUT2D eigenvalue weighted by atomic mass is 16.2. The number of carbonyl (C=O) groups is 1. The van der Waals surface area contributed by atoms with Crippen LogP contribution >= 0.6 is 0 Å². The Bertz CT molecular complexity index is 391. The number of nitrogens with one attached hydrogen (secondary N) is 1. The summed E-state index contributed by atoms with van der Waals surface area (Å²) < 4.78 is 0. The van der Waals surface area contributed by atoms with E-state index in [4.69, 9.17) is 0 Å². The third-order valence-corrected chi connectivity index (χ3v) is 3.25. The van der Waals surface area contributed by atoms with Gasteiger partial charge in [0.25, 0.3) is 5.91 Å². The molecule has 1 amide bonds. The van der Waals surface area contributed by atoms with Gasteiger partial charge in [-0.15, -0.1) is 0 Å². The minimum absolute atomic E-state index is 0.0593. The molecule has 3 atom stereocenters. The molecule has 86 valence electrons. The molecule has 0 aliphatic carbocycles. The van der Waals surface area contributed by atoms with Gasteiger partial charge in [-0.2, -0.15) is 0 Å². The standard InChI is InChI=1S/C10H15N5O/c1-6-3-11-10-13-8-7(12-5-14(8)2)9(16)15(10)4-6/h5-8H,3-4H2,1-2H3,(H,11,13). The van der Waals surface area contributed by atoms with E-state index in [0.29, 0.717) is 11.9 Å². The van der Waals surface area contributed by atoms with E-state index in [2.05, 4.69) is 22.2 Å². The van der Waals surface area contributed by atoms with Crippen molar-refractivity contribution >= 4 is 18.2 Å². The first kappa shape index (κ1) is 9.62. The minimum atomic E-state index is -0.311. The number of aliphatic imine (C=N–C) groups is 2. The summed E-state index contributed by atoms with van der Waals surface area (Å²) in [6, 6.07) is -0.311. The average Bonchev–Trinajstić information content (AvgIpc) is 2.63. The van der Waals surface area contributed by atoms with E-state index in [9.17, 15) is 4.79 Å². The maximum atomic E-state index is 12.2. The Labute approximate surface area is 94.0 Å². The Balaban J connectivity index is 1.92. The van der Waals surface area contributed by atoms with Crippen molar-refractivity contribution in [1.29, 1.82) is 0 Å². The molecule has 0 spiro atoms. The number of fused-ring (bicyclic) bond motifs is 2. The van der Waals surface area contributed by atoms with Crippen molar-refractivity contribution in [1.82, 2.24) is 15.1 Å². The molecule has 0 bridgehead atoms. The first-order valence-electron chi connectivity index (χ1n) is 5.54. The van der Waals surface area contributed by atoms with Gasteiger partial charge in [0.1, 0.15) is 6.17 Å². The summed E-state index contributed by atoms with van der Waals surface area (Å²) >= 11 is 0. The molecule has 3 rings (SSSR count). The molecule has 1 saturated heterocycles. The number of carbonyl (C=O) groups excluding carboxylic acids is 1. The van der Waals surface area contributed by atoms with Crippen LogP contribution in [0, 0.1) is 5.92 Å². The van der Waals surface area contributed by atoms with Crippen LogP contribution in [0.3, 0.4) is 0 Å². The second kappa shape index (κ2) is 3.20. The fourth-order valence-electron chi connectivity index (χ4n) is 2.33. The zero-order valence-corrected chi connectivity index (χ0v) is 9.42. The van der Waals surface area contributed by atoms with Crippen molar-refractivity contribution in [2.24, 2.45) is 15.9 Å². The SMILES string of the molecule is CC1CN=C2NC3C(N=CN3C)C(=O)N2C1. The maximum absolute atomic E-state index is 12.2. The van der Waals surface area contributed by atoms with E-state index in [1.807, 2.05) is 11.9 Å².